The maximum atomic E-state index is 12.5. The molecule has 0 N–H and O–H groups in total. The van der Waals surface area contributed by atoms with Crippen molar-refractivity contribution < 1.29 is 9.53 Å². The van der Waals surface area contributed by atoms with Crippen molar-refractivity contribution >= 4 is 22.9 Å². The van der Waals surface area contributed by atoms with Gasteiger partial charge in [0, 0.05) is 38.1 Å². The van der Waals surface area contributed by atoms with Gasteiger partial charge < -0.3 is 14.5 Å². The van der Waals surface area contributed by atoms with Crippen LogP contribution in [0.2, 0.25) is 0 Å². The van der Waals surface area contributed by atoms with E-state index in [1.54, 1.807) is 29.6 Å². The van der Waals surface area contributed by atoms with Gasteiger partial charge in [-0.15, -0.1) is 0 Å². The summed E-state index contributed by atoms with van der Waals surface area (Å²) in [5, 5.41) is 10.2. The van der Waals surface area contributed by atoms with Crippen molar-refractivity contribution in [2.45, 2.75) is 46.3 Å². The van der Waals surface area contributed by atoms with E-state index in [9.17, 15) is 10.1 Å². The highest BCUT2D eigenvalue weighted by molar-refractivity contribution is 5.92. The summed E-state index contributed by atoms with van der Waals surface area (Å²) in [5.41, 5.74) is 1.77. The Kier molecular flexibility index (Phi) is 5.46. The Labute approximate surface area is 187 Å². The van der Waals surface area contributed by atoms with E-state index in [1.807, 2.05) is 38.5 Å². The van der Waals surface area contributed by atoms with E-state index in [1.165, 1.54) is 0 Å². The van der Waals surface area contributed by atoms with E-state index >= 15 is 0 Å². The van der Waals surface area contributed by atoms with Crippen LogP contribution < -0.4 is 4.90 Å². The third-order valence-electron chi connectivity index (χ3n) is 5.43. The van der Waals surface area contributed by atoms with Crippen molar-refractivity contribution in [3.8, 4) is 11.9 Å². The second kappa shape index (κ2) is 8.11. The molecule has 1 amide bonds. The summed E-state index contributed by atoms with van der Waals surface area (Å²) in [4.78, 5) is 30.0. The van der Waals surface area contributed by atoms with Gasteiger partial charge in [-0.25, -0.2) is 19.7 Å². The minimum absolute atomic E-state index is 0.0529. The van der Waals surface area contributed by atoms with Crippen LogP contribution in [-0.4, -0.2) is 61.8 Å². The van der Waals surface area contributed by atoms with Crippen LogP contribution in [0.15, 0.2) is 30.9 Å². The quantitative estimate of drug-likeness (QED) is 0.610. The highest BCUT2D eigenvalue weighted by Gasteiger charge is 2.32. The first-order valence-corrected chi connectivity index (χ1v) is 10.6. The average Bonchev–Trinajstić information content (AvgIpc) is 3.09. The highest BCUT2D eigenvalue weighted by Crippen LogP contribution is 2.31. The summed E-state index contributed by atoms with van der Waals surface area (Å²) >= 11 is 0. The zero-order chi connectivity index (χ0) is 23.0. The smallest absolute Gasteiger partial charge is 0.410 e. The molecule has 166 valence electrons. The first-order chi connectivity index (χ1) is 15.2. The van der Waals surface area contributed by atoms with Crippen molar-refractivity contribution in [3.63, 3.8) is 0 Å². The van der Waals surface area contributed by atoms with Crippen LogP contribution in [-0.2, 0) is 4.74 Å². The fourth-order valence-corrected chi connectivity index (χ4v) is 4.00. The zero-order valence-electron chi connectivity index (χ0n) is 19.0. The summed E-state index contributed by atoms with van der Waals surface area (Å²) in [5.74, 6) is 1.47. The number of fused-ring (bicyclic) bond motifs is 1. The molecule has 0 unspecified atom stereocenters. The maximum absolute atomic E-state index is 12.5. The molecule has 9 heteroatoms. The van der Waals surface area contributed by atoms with E-state index < -0.39 is 5.60 Å². The maximum Gasteiger partial charge on any atom is 0.410 e. The molecule has 0 bridgehead atoms. The Morgan fingerprint density at radius 3 is 2.72 bits per heavy atom. The zero-order valence-corrected chi connectivity index (χ0v) is 19.0. The van der Waals surface area contributed by atoms with Crippen LogP contribution in [0.25, 0.3) is 16.9 Å². The van der Waals surface area contributed by atoms with Gasteiger partial charge in [-0.1, -0.05) is 0 Å². The molecule has 32 heavy (non-hydrogen) atoms. The molecule has 1 aliphatic rings. The molecule has 0 aliphatic carbocycles. The van der Waals surface area contributed by atoms with Crippen LogP contribution in [0.3, 0.4) is 0 Å². The summed E-state index contributed by atoms with van der Waals surface area (Å²) < 4.78 is 7.42. The Morgan fingerprint density at radius 1 is 1.25 bits per heavy atom. The molecule has 0 radical (unpaired) electrons. The number of nitrogens with zero attached hydrogens (tertiary/aromatic N) is 7. The number of rotatable bonds is 2. The van der Waals surface area contributed by atoms with Crippen LogP contribution in [0.4, 0.5) is 10.6 Å². The summed E-state index contributed by atoms with van der Waals surface area (Å²) in [6.45, 7) is 11.4. The molecule has 3 aromatic heterocycles. The summed E-state index contributed by atoms with van der Waals surface area (Å²) in [6, 6.07) is 5.62. The summed E-state index contributed by atoms with van der Waals surface area (Å²) in [7, 11) is 0. The van der Waals surface area contributed by atoms with Crippen molar-refractivity contribution in [1.29, 1.82) is 5.26 Å². The minimum Gasteiger partial charge on any atom is -0.444 e. The number of nitriles is 1. The van der Waals surface area contributed by atoms with Gasteiger partial charge in [0.25, 0.3) is 0 Å². The number of ether oxygens (including phenoxy) is 1. The molecular weight excluding hydrogens is 406 g/mol. The van der Waals surface area contributed by atoms with E-state index in [0.717, 1.165) is 22.4 Å². The molecule has 1 fully saturated rings. The lowest BCUT2D eigenvalue weighted by Gasteiger charge is -2.41. The van der Waals surface area contributed by atoms with Crippen LogP contribution in [0, 0.1) is 18.3 Å². The average molecular weight is 434 g/mol. The van der Waals surface area contributed by atoms with E-state index in [4.69, 9.17) is 4.74 Å². The normalized spacial score (nSPS) is 16.8. The fourth-order valence-electron chi connectivity index (χ4n) is 4.00. The first kappa shape index (κ1) is 21.6. The van der Waals surface area contributed by atoms with E-state index in [2.05, 4.69) is 32.8 Å². The Bertz CT molecular complexity index is 1210. The number of piperazine rings is 1. The number of hydrogen-bond donors (Lipinski definition) is 0. The Balaban J connectivity index is 1.65. The molecule has 4 heterocycles. The van der Waals surface area contributed by atoms with Crippen LogP contribution >= 0.6 is 0 Å². The molecule has 1 aliphatic heterocycles. The molecule has 9 nitrogen and oxygen atoms in total. The van der Waals surface area contributed by atoms with Crippen molar-refractivity contribution in [2.24, 2.45) is 0 Å². The number of hydrogen-bond acceptors (Lipinski definition) is 7. The van der Waals surface area contributed by atoms with Gasteiger partial charge in [-0.2, -0.15) is 5.26 Å². The molecule has 0 aromatic carbocycles. The lowest BCUT2D eigenvalue weighted by molar-refractivity contribution is 0.0218. The fraction of sp³-hybridized carbons (Fsp3) is 0.435. The van der Waals surface area contributed by atoms with Gasteiger partial charge in [0.05, 0.1) is 17.0 Å². The van der Waals surface area contributed by atoms with Crippen molar-refractivity contribution in [2.75, 3.05) is 24.5 Å². The molecule has 1 atom stereocenters. The number of carbonyl (C=O) groups is 1. The second-order valence-corrected chi connectivity index (χ2v) is 9.06. The lowest BCUT2D eigenvalue weighted by Crippen LogP contribution is -2.54. The standard InChI is InChI=1S/C23H27N7O2/c1-15-12-30(18-10-17(11-24)6-7-25-18)21-19(15)20(26-14-27-21)29-9-8-28(13-16(29)2)22(31)32-23(3,4)5/h6-7,10,12,14,16H,8-9,13H2,1-5H3/t16-/m0/s1. The predicted octanol–water partition coefficient (Wildman–Crippen LogP) is 3.44. The van der Waals surface area contributed by atoms with Crippen molar-refractivity contribution in [3.05, 3.63) is 42.0 Å². The molecule has 0 saturated carbocycles. The lowest BCUT2D eigenvalue weighted by atomic mass is 10.1. The molecule has 4 rings (SSSR count). The third kappa shape index (κ3) is 4.08. The largest absolute Gasteiger partial charge is 0.444 e. The highest BCUT2D eigenvalue weighted by atomic mass is 16.6. The minimum atomic E-state index is -0.521. The first-order valence-electron chi connectivity index (χ1n) is 10.6. The number of amides is 1. The van der Waals surface area contributed by atoms with Gasteiger partial charge in [-0.3, -0.25) is 4.57 Å². The molecule has 3 aromatic rings. The molecule has 1 saturated heterocycles. The van der Waals surface area contributed by atoms with Crippen molar-refractivity contribution in [1.82, 2.24) is 24.4 Å². The van der Waals surface area contributed by atoms with Gasteiger partial charge in [-0.05, 0) is 52.3 Å². The molecular formula is C23H27N7O2. The summed E-state index contributed by atoms with van der Waals surface area (Å²) in [6.07, 6.45) is 4.85. The van der Waals surface area contributed by atoms with Gasteiger partial charge in [0.15, 0.2) is 5.65 Å². The molecule has 0 spiro atoms. The van der Waals surface area contributed by atoms with Gasteiger partial charge >= 0.3 is 6.09 Å². The number of pyridine rings is 1. The predicted molar refractivity (Wildman–Crippen MR) is 121 cm³/mol. The third-order valence-corrected chi connectivity index (χ3v) is 5.43. The number of anilines is 1. The number of aryl methyl sites for hydroxylation is 1. The van der Waals surface area contributed by atoms with Crippen LogP contribution in [0.1, 0.15) is 38.8 Å². The second-order valence-electron chi connectivity index (χ2n) is 9.06. The number of aromatic nitrogens is 4. The van der Waals surface area contributed by atoms with Gasteiger partial charge in [0.2, 0.25) is 0 Å². The Morgan fingerprint density at radius 2 is 2.03 bits per heavy atom. The SMILES string of the molecule is Cc1cn(-c2cc(C#N)ccn2)c2ncnc(N3CCN(C(=O)OC(C)(C)C)C[C@@H]3C)c12. The number of carbonyl (C=O) groups excluding carboxylic acids is 1. The Hall–Kier alpha value is -3.67. The van der Waals surface area contributed by atoms with Gasteiger partial charge in [0.1, 0.15) is 23.6 Å². The van der Waals surface area contributed by atoms with Crippen LogP contribution in [0.5, 0.6) is 0 Å². The monoisotopic (exact) mass is 433 g/mol. The van der Waals surface area contributed by atoms with E-state index in [-0.39, 0.29) is 12.1 Å². The topological polar surface area (TPSA) is 100 Å². The van der Waals surface area contributed by atoms with E-state index in [0.29, 0.717) is 31.0 Å².